The average Bonchev–Trinajstić information content (AvgIpc) is 2.45. The van der Waals surface area contributed by atoms with E-state index in [0.29, 0.717) is 0 Å². The lowest BCUT2D eigenvalue weighted by Crippen LogP contribution is -2.50. The first-order valence-electron chi connectivity index (χ1n) is 7.19. The van der Waals surface area contributed by atoms with Crippen LogP contribution in [0.25, 0.3) is 0 Å². The summed E-state index contributed by atoms with van der Waals surface area (Å²) in [6.45, 7) is 3.60. The number of nitrogens with two attached hydrogens (primary N) is 1. The summed E-state index contributed by atoms with van der Waals surface area (Å²) >= 11 is 0. The summed E-state index contributed by atoms with van der Waals surface area (Å²) in [4.78, 5) is 25.2. The SMILES string of the molecule is Cc1cccc(NC(=O)N(CC(N)=O)C2CCNCC2)c1. The third kappa shape index (κ3) is 4.46. The van der Waals surface area contributed by atoms with Crippen LogP contribution in [0.3, 0.4) is 0 Å². The van der Waals surface area contributed by atoms with Gasteiger partial charge in [0.1, 0.15) is 6.54 Å². The third-order valence-electron chi connectivity index (χ3n) is 3.61. The molecule has 1 aliphatic rings. The fraction of sp³-hybridized carbons (Fsp3) is 0.467. The Morgan fingerprint density at radius 1 is 1.38 bits per heavy atom. The van der Waals surface area contributed by atoms with Crippen molar-refractivity contribution in [3.63, 3.8) is 0 Å². The lowest BCUT2D eigenvalue weighted by Gasteiger charge is -2.33. The number of aryl methyl sites for hydroxylation is 1. The molecule has 2 rings (SSSR count). The van der Waals surface area contributed by atoms with Crippen molar-refractivity contribution in [2.75, 3.05) is 25.0 Å². The third-order valence-corrected chi connectivity index (χ3v) is 3.61. The lowest BCUT2D eigenvalue weighted by atomic mass is 10.1. The lowest BCUT2D eigenvalue weighted by molar-refractivity contribution is -0.119. The second-order valence-corrected chi connectivity index (χ2v) is 5.38. The van der Waals surface area contributed by atoms with E-state index in [1.54, 1.807) is 4.90 Å². The van der Waals surface area contributed by atoms with E-state index < -0.39 is 5.91 Å². The molecule has 1 aromatic carbocycles. The van der Waals surface area contributed by atoms with Crippen LogP contribution >= 0.6 is 0 Å². The fourth-order valence-electron chi connectivity index (χ4n) is 2.57. The summed E-state index contributed by atoms with van der Waals surface area (Å²) in [5.41, 5.74) is 7.07. The number of carbonyl (C=O) groups is 2. The number of carbonyl (C=O) groups excluding carboxylic acids is 2. The van der Waals surface area contributed by atoms with Gasteiger partial charge in [-0.3, -0.25) is 4.79 Å². The first kappa shape index (κ1) is 15.3. The maximum Gasteiger partial charge on any atom is 0.322 e. The number of nitrogens with zero attached hydrogens (tertiary/aromatic N) is 1. The van der Waals surface area contributed by atoms with Gasteiger partial charge in [-0.15, -0.1) is 0 Å². The van der Waals surface area contributed by atoms with Gasteiger partial charge in [-0.25, -0.2) is 4.79 Å². The predicted molar refractivity (Wildman–Crippen MR) is 82.0 cm³/mol. The Hall–Kier alpha value is -2.08. The van der Waals surface area contributed by atoms with Gasteiger partial charge < -0.3 is 21.3 Å². The fourth-order valence-corrected chi connectivity index (χ4v) is 2.57. The van der Waals surface area contributed by atoms with Crippen molar-refractivity contribution in [2.45, 2.75) is 25.8 Å². The molecule has 0 radical (unpaired) electrons. The van der Waals surface area contributed by atoms with Crippen molar-refractivity contribution in [1.29, 1.82) is 0 Å². The molecule has 0 aromatic heterocycles. The molecule has 6 nitrogen and oxygen atoms in total. The van der Waals surface area contributed by atoms with E-state index >= 15 is 0 Å². The predicted octanol–water partition coefficient (Wildman–Crippen LogP) is 1.07. The first-order chi connectivity index (χ1) is 10.1. The molecule has 0 bridgehead atoms. The average molecular weight is 290 g/mol. The maximum atomic E-state index is 12.4. The molecule has 1 aliphatic heterocycles. The Balaban J connectivity index is 2.07. The van der Waals surface area contributed by atoms with Crippen LogP contribution in [0.15, 0.2) is 24.3 Å². The van der Waals surface area contributed by atoms with E-state index in [0.717, 1.165) is 37.2 Å². The standard InChI is InChI=1S/C15H22N4O2/c1-11-3-2-4-12(9-11)18-15(21)19(10-14(16)20)13-5-7-17-8-6-13/h2-4,9,13,17H,5-8,10H2,1H3,(H2,16,20)(H,18,21). The number of piperidine rings is 1. The molecule has 3 amide bonds. The van der Waals surface area contributed by atoms with Gasteiger partial charge in [0, 0.05) is 11.7 Å². The highest BCUT2D eigenvalue weighted by atomic mass is 16.2. The van der Waals surface area contributed by atoms with Gasteiger partial charge in [0.05, 0.1) is 0 Å². The number of urea groups is 1. The molecule has 1 aromatic rings. The minimum Gasteiger partial charge on any atom is -0.368 e. The maximum absolute atomic E-state index is 12.4. The quantitative estimate of drug-likeness (QED) is 0.775. The van der Waals surface area contributed by atoms with Crippen LogP contribution < -0.4 is 16.4 Å². The Bertz CT molecular complexity index is 512. The number of hydrogen-bond acceptors (Lipinski definition) is 3. The molecule has 0 unspecified atom stereocenters. The van der Waals surface area contributed by atoms with Crippen molar-refractivity contribution >= 4 is 17.6 Å². The zero-order chi connectivity index (χ0) is 15.2. The van der Waals surface area contributed by atoms with Crippen LogP contribution in [0.5, 0.6) is 0 Å². The Morgan fingerprint density at radius 3 is 2.71 bits per heavy atom. The van der Waals surface area contributed by atoms with Gasteiger partial charge in [-0.1, -0.05) is 12.1 Å². The smallest absolute Gasteiger partial charge is 0.322 e. The van der Waals surface area contributed by atoms with Crippen molar-refractivity contribution < 1.29 is 9.59 Å². The summed E-state index contributed by atoms with van der Waals surface area (Å²) in [6, 6.07) is 7.34. The number of rotatable bonds is 4. The molecule has 0 aliphatic carbocycles. The summed E-state index contributed by atoms with van der Waals surface area (Å²) in [7, 11) is 0. The summed E-state index contributed by atoms with van der Waals surface area (Å²) < 4.78 is 0. The van der Waals surface area contributed by atoms with E-state index in [2.05, 4.69) is 10.6 Å². The molecule has 0 atom stereocenters. The molecular weight excluding hydrogens is 268 g/mol. The Morgan fingerprint density at radius 2 is 2.10 bits per heavy atom. The second kappa shape index (κ2) is 7.08. The van der Waals surface area contributed by atoms with Crippen molar-refractivity contribution in [3.05, 3.63) is 29.8 Å². The van der Waals surface area contributed by atoms with Crippen molar-refractivity contribution in [2.24, 2.45) is 5.73 Å². The van der Waals surface area contributed by atoms with Crippen LogP contribution in [-0.2, 0) is 4.79 Å². The second-order valence-electron chi connectivity index (χ2n) is 5.38. The Kier molecular flexibility index (Phi) is 5.16. The minimum absolute atomic E-state index is 0.0450. The normalized spacial score (nSPS) is 15.5. The van der Waals surface area contributed by atoms with Gasteiger partial charge >= 0.3 is 6.03 Å². The number of anilines is 1. The van der Waals surface area contributed by atoms with Crippen LogP contribution in [0.2, 0.25) is 0 Å². The highest BCUT2D eigenvalue weighted by Gasteiger charge is 2.26. The van der Waals surface area contributed by atoms with E-state index in [4.69, 9.17) is 5.73 Å². The van der Waals surface area contributed by atoms with E-state index in [1.807, 2.05) is 31.2 Å². The van der Waals surface area contributed by atoms with Crippen LogP contribution in [0, 0.1) is 6.92 Å². The summed E-state index contributed by atoms with van der Waals surface area (Å²) in [6.07, 6.45) is 1.66. The number of amides is 3. The molecule has 4 N–H and O–H groups in total. The van der Waals surface area contributed by atoms with E-state index in [9.17, 15) is 9.59 Å². The van der Waals surface area contributed by atoms with Crippen LogP contribution in [0.1, 0.15) is 18.4 Å². The molecular formula is C15H22N4O2. The van der Waals surface area contributed by atoms with Gasteiger partial charge in [-0.05, 0) is 50.6 Å². The van der Waals surface area contributed by atoms with Gasteiger partial charge in [-0.2, -0.15) is 0 Å². The molecule has 6 heteroatoms. The molecule has 1 heterocycles. The van der Waals surface area contributed by atoms with Crippen LogP contribution in [-0.4, -0.2) is 42.5 Å². The van der Waals surface area contributed by atoms with Gasteiger partial charge in [0.15, 0.2) is 0 Å². The molecule has 114 valence electrons. The highest BCUT2D eigenvalue weighted by molar-refractivity contribution is 5.92. The van der Waals surface area contributed by atoms with E-state index in [1.165, 1.54) is 0 Å². The largest absolute Gasteiger partial charge is 0.368 e. The Labute approximate surface area is 124 Å². The minimum atomic E-state index is -0.493. The topological polar surface area (TPSA) is 87.5 Å². The monoisotopic (exact) mass is 290 g/mol. The number of nitrogens with one attached hydrogen (secondary N) is 2. The molecule has 21 heavy (non-hydrogen) atoms. The van der Waals surface area contributed by atoms with E-state index in [-0.39, 0.29) is 18.6 Å². The van der Waals surface area contributed by atoms with Crippen molar-refractivity contribution in [1.82, 2.24) is 10.2 Å². The molecule has 1 saturated heterocycles. The van der Waals surface area contributed by atoms with Crippen LogP contribution in [0.4, 0.5) is 10.5 Å². The van der Waals surface area contributed by atoms with Gasteiger partial charge in [0.25, 0.3) is 0 Å². The molecule has 0 saturated carbocycles. The summed E-state index contributed by atoms with van der Waals surface area (Å²) in [5, 5.41) is 6.09. The molecule has 1 fully saturated rings. The zero-order valence-corrected chi connectivity index (χ0v) is 12.3. The number of primary amides is 1. The first-order valence-corrected chi connectivity index (χ1v) is 7.19. The zero-order valence-electron chi connectivity index (χ0n) is 12.3. The van der Waals surface area contributed by atoms with Gasteiger partial charge in [0.2, 0.25) is 5.91 Å². The highest BCUT2D eigenvalue weighted by Crippen LogP contribution is 2.15. The summed E-state index contributed by atoms with van der Waals surface area (Å²) in [5.74, 6) is -0.493. The number of hydrogen-bond donors (Lipinski definition) is 3. The number of benzene rings is 1. The molecule has 0 spiro atoms. The van der Waals surface area contributed by atoms with Crippen molar-refractivity contribution in [3.8, 4) is 0 Å².